The molecule has 158 valence electrons. The third kappa shape index (κ3) is 3.61. The smallest absolute Gasteiger partial charge is 0.194 e. The van der Waals surface area contributed by atoms with Crippen molar-refractivity contribution in [3.63, 3.8) is 0 Å². The molecule has 3 aromatic rings. The maximum absolute atomic E-state index is 13.5. The normalized spacial score (nSPS) is 17.5. The summed E-state index contributed by atoms with van der Waals surface area (Å²) in [7, 11) is 1.56. The van der Waals surface area contributed by atoms with Crippen molar-refractivity contribution in [3.05, 3.63) is 65.1 Å². The van der Waals surface area contributed by atoms with Gasteiger partial charge in [0.1, 0.15) is 5.75 Å². The Morgan fingerprint density at radius 1 is 1.23 bits per heavy atom. The minimum Gasteiger partial charge on any atom is -0.496 e. The van der Waals surface area contributed by atoms with E-state index in [0.29, 0.717) is 17.9 Å². The molecule has 0 fully saturated rings. The molecule has 2 heterocycles. The van der Waals surface area contributed by atoms with Gasteiger partial charge >= 0.3 is 0 Å². The van der Waals surface area contributed by atoms with Crippen LogP contribution in [0.1, 0.15) is 18.2 Å². The Morgan fingerprint density at radius 3 is 2.63 bits per heavy atom. The molecule has 2 aromatic carbocycles. The Hall–Kier alpha value is -3.04. The van der Waals surface area contributed by atoms with Gasteiger partial charge in [0.15, 0.2) is 29.6 Å². The van der Waals surface area contributed by atoms with Crippen LogP contribution in [0.4, 0.5) is 18.9 Å². The molecule has 2 atom stereocenters. The summed E-state index contributed by atoms with van der Waals surface area (Å²) in [5, 5.41) is 17.5. The predicted octanol–water partition coefficient (Wildman–Crippen LogP) is 3.90. The fourth-order valence-electron chi connectivity index (χ4n) is 3.64. The van der Waals surface area contributed by atoms with Gasteiger partial charge in [0, 0.05) is 42.4 Å². The lowest BCUT2D eigenvalue weighted by atomic mass is 9.97. The van der Waals surface area contributed by atoms with Crippen LogP contribution >= 0.6 is 0 Å². The lowest BCUT2D eigenvalue weighted by Crippen LogP contribution is -2.48. The van der Waals surface area contributed by atoms with E-state index in [9.17, 15) is 18.3 Å². The third-order valence-electron chi connectivity index (χ3n) is 5.21. The summed E-state index contributed by atoms with van der Waals surface area (Å²) in [5.74, 6) is -3.08. The zero-order valence-corrected chi connectivity index (χ0v) is 16.3. The maximum Gasteiger partial charge on any atom is 0.194 e. The van der Waals surface area contributed by atoms with Crippen molar-refractivity contribution in [2.45, 2.75) is 32.3 Å². The number of aromatic nitrogens is 1. The van der Waals surface area contributed by atoms with Gasteiger partial charge in [-0.25, -0.2) is 13.2 Å². The van der Waals surface area contributed by atoms with Crippen molar-refractivity contribution < 1.29 is 27.5 Å². The number of aliphatic hydroxyl groups excluding tert-OH is 1. The van der Waals surface area contributed by atoms with Gasteiger partial charge in [-0.2, -0.15) is 0 Å². The molecule has 9 heteroatoms. The zero-order chi connectivity index (χ0) is 21.4. The number of benzene rings is 2. The summed E-state index contributed by atoms with van der Waals surface area (Å²) in [6, 6.07) is 8.79. The molecule has 30 heavy (non-hydrogen) atoms. The monoisotopic (exact) mass is 419 g/mol. The number of halogens is 3. The fourth-order valence-corrected chi connectivity index (χ4v) is 3.64. The lowest BCUT2D eigenvalue weighted by molar-refractivity contribution is -0.0120. The molecule has 0 spiro atoms. The first-order valence-corrected chi connectivity index (χ1v) is 9.34. The maximum atomic E-state index is 13.5. The van der Waals surface area contributed by atoms with E-state index in [1.807, 2.05) is 31.2 Å². The van der Waals surface area contributed by atoms with Crippen molar-refractivity contribution in [3.8, 4) is 17.1 Å². The molecular formula is C21H20F3N3O3. The highest BCUT2D eigenvalue weighted by molar-refractivity contribution is 5.69. The van der Waals surface area contributed by atoms with E-state index >= 15 is 0 Å². The average Bonchev–Trinajstić information content (AvgIpc) is 3.13. The van der Waals surface area contributed by atoms with Gasteiger partial charge in [0.2, 0.25) is 0 Å². The summed E-state index contributed by atoms with van der Waals surface area (Å²) in [5.41, 5.74) is 2.21. The number of hydrogen-bond acceptors (Lipinski definition) is 6. The van der Waals surface area contributed by atoms with Crippen LogP contribution in [-0.2, 0) is 13.0 Å². The Balaban J connectivity index is 1.61. The number of nitrogens with one attached hydrogen (secondary N) is 1. The van der Waals surface area contributed by atoms with E-state index in [1.54, 1.807) is 12.0 Å². The number of ether oxygens (including phenoxy) is 1. The molecule has 1 aliphatic rings. The molecule has 0 saturated heterocycles. The van der Waals surface area contributed by atoms with Crippen molar-refractivity contribution in [1.29, 1.82) is 0 Å². The van der Waals surface area contributed by atoms with E-state index < -0.39 is 23.8 Å². The first kappa shape index (κ1) is 20.2. The van der Waals surface area contributed by atoms with E-state index in [1.165, 1.54) is 0 Å². The topological polar surface area (TPSA) is 70.8 Å². The van der Waals surface area contributed by atoms with Crippen molar-refractivity contribution in [1.82, 2.24) is 10.1 Å². The molecule has 1 aromatic heterocycles. The van der Waals surface area contributed by atoms with Gasteiger partial charge in [-0.15, -0.1) is 0 Å². The number of rotatable bonds is 5. The molecule has 0 amide bonds. The van der Waals surface area contributed by atoms with Gasteiger partial charge in [0.25, 0.3) is 0 Å². The summed E-state index contributed by atoms with van der Waals surface area (Å²) >= 11 is 0. The second kappa shape index (κ2) is 8.00. The molecule has 0 radical (unpaired) electrons. The molecule has 0 aliphatic carbocycles. The molecule has 4 rings (SSSR count). The van der Waals surface area contributed by atoms with Gasteiger partial charge in [-0.05, 0) is 19.1 Å². The van der Waals surface area contributed by atoms with Crippen molar-refractivity contribution >= 4 is 5.69 Å². The summed E-state index contributed by atoms with van der Waals surface area (Å²) in [6.07, 6.45) is -0.781. The lowest BCUT2D eigenvalue weighted by Gasteiger charge is -2.36. The van der Waals surface area contributed by atoms with E-state index in [4.69, 9.17) is 9.26 Å². The Bertz CT molecular complexity index is 1050. The number of aliphatic hydroxyl groups is 1. The fraction of sp³-hybridized carbons (Fsp3) is 0.286. The largest absolute Gasteiger partial charge is 0.496 e. The SMILES string of the molecule is COc1ccccc1-c1onc2c1CN(C(O)Nc1cc(F)c(F)c(F)c1)C(C)C2. The van der Waals surface area contributed by atoms with Crippen LogP contribution in [-0.4, -0.2) is 34.7 Å². The minimum absolute atomic E-state index is 0.0767. The third-order valence-corrected chi connectivity index (χ3v) is 5.21. The Kier molecular flexibility index (Phi) is 5.40. The summed E-state index contributed by atoms with van der Waals surface area (Å²) in [4.78, 5) is 1.69. The van der Waals surface area contributed by atoms with Gasteiger partial charge in [0.05, 0.1) is 18.4 Å². The van der Waals surface area contributed by atoms with Crippen LogP contribution in [0, 0.1) is 17.5 Å². The molecular weight excluding hydrogens is 399 g/mol. The van der Waals surface area contributed by atoms with Crippen LogP contribution in [0.15, 0.2) is 40.9 Å². The van der Waals surface area contributed by atoms with Crippen LogP contribution in [0.5, 0.6) is 5.75 Å². The summed E-state index contributed by atoms with van der Waals surface area (Å²) in [6.45, 7) is 2.16. The second-order valence-corrected chi connectivity index (χ2v) is 7.13. The Labute approximate surface area is 170 Å². The molecule has 0 saturated carbocycles. The highest BCUT2D eigenvalue weighted by Gasteiger charge is 2.33. The van der Waals surface area contributed by atoms with Gasteiger partial charge < -0.3 is 19.7 Å². The van der Waals surface area contributed by atoms with Gasteiger partial charge in [-0.3, -0.25) is 4.90 Å². The number of fused-ring (bicyclic) bond motifs is 1. The number of anilines is 1. The highest BCUT2D eigenvalue weighted by atomic mass is 19.2. The first-order chi connectivity index (χ1) is 14.4. The molecule has 2 N–H and O–H groups in total. The summed E-state index contributed by atoms with van der Waals surface area (Å²) < 4.78 is 51.2. The number of para-hydroxylation sites is 1. The average molecular weight is 419 g/mol. The highest BCUT2D eigenvalue weighted by Crippen LogP contribution is 2.37. The van der Waals surface area contributed by atoms with E-state index in [0.717, 1.165) is 29.0 Å². The quantitative estimate of drug-likeness (QED) is 0.483. The molecule has 2 unspecified atom stereocenters. The second-order valence-electron chi connectivity index (χ2n) is 7.13. The first-order valence-electron chi connectivity index (χ1n) is 9.34. The van der Waals surface area contributed by atoms with E-state index in [2.05, 4.69) is 10.5 Å². The molecule has 6 nitrogen and oxygen atoms in total. The Morgan fingerprint density at radius 2 is 1.93 bits per heavy atom. The van der Waals surface area contributed by atoms with E-state index in [-0.39, 0.29) is 18.3 Å². The standard InChI is InChI=1S/C21H20F3N3O3/c1-11-7-17-14(20(30-26-17)13-5-3-4-6-18(13)29-2)10-27(11)21(28)25-12-8-15(22)19(24)16(23)9-12/h3-6,8-9,11,21,25,28H,7,10H2,1-2H3. The molecule has 1 aliphatic heterocycles. The molecule has 0 bridgehead atoms. The number of methoxy groups -OCH3 is 1. The van der Waals surface area contributed by atoms with Crippen LogP contribution in [0.25, 0.3) is 11.3 Å². The van der Waals surface area contributed by atoms with Crippen LogP contribution in [0.3, 0.4) is 0 Å². The zero-order valence-electron chi connectivity index (χ0n) is 16.3. The number of nitrogens with zero attached hydrogens (tertiary/aromatic N) is 2. The van der Waals surface area contributed by atoms with Crippen LogP contribution in [0.2, 0.25) is 0 Å². The van der Waals surface area contributed by atoms with Crippen molar-refractivity contribution in [2.24, 2.45) is 0 Å². The van der Waals surface area contributed by atoms with Gasteiger partial charge in [-0.1, -0.05) is 17.3 Å². The number of hydrogen-bond donors (Lipinski definition) is 2. The minimum atomic E-state index is -1.56. The van der Waals surface area contributed by atoms with Crippen molar-refractivity contribution in [2.75, 3.05) is 12.4 Å². The van der Waals surface area contributed by atoms with Crippen LogP contribution < -0.4 is 10.1 Å². The predicted molar refractivity (Wildman–Crippen MR) is 103 cm³/mol.